The van der Waals surface area contributed by atoms with Gasteiger partial charge in [-0.15, -0.1) is 0 Å². The normalized spacial score (nSPS) is 19.8. The van der Waals surface area contributed by atoms with Crippen LogP contribution in [0.15, 0.2) is 24.4 Å². The Morgan fingerprint density at radius 3 is 2.47 bits per heavy atom. The number of carbonyl (C=O) groups is 3. The summed E-state index contributed by atoms with van der Waals surface area (Å²) in [6.45, 7) is 8.23. The van der Waals surface area contributed by atoms with Crippen molar-refractivity contribution in [2.75, 3.05) is 49.0 Å². The smallest absolute Gasteiger partial charge is 0.410 e. The molecule has 5 rings (SSSR count). The molecule has 0 radical (unpaired) electrons. The molecule has 1 saturated heterocycles. The monoisotopic (exact) mass is 651 g/mol. The van der Waals surface area contributed by atoms with Gasteiger partial charge in [-0.1, -0.05) is 19.8 Å². The van der Waals surface area contributed by atoms with E-state index in [2.05, 4.69) is 20.5 Å². The lowest BCUT2D eigenvalue weighted by Crippen LogP contribution is -2.57. The number of ether oxygens (including phenoxy) is 2. The molecule has 2 aromatic rings. The van der Waals surface area contributed by atoms with Gasteiger partial charge in [0.2, 0.25) is 11.9 Å². The number of benzene rings is 1. The number of nitrogens with zero attached hydrogens (tertiary/aromatic N) is 5. The first-order valence-corrected chi connectivity index (χ1v) is 16.7. The van der Waals surface area contributed by atoms with Crippen LogP contribution in [0.25, 0.3) is 0 Å². The molecule has 1 atom stereocenters. The van der Waals surface area contributed by atoms with E-state index in [1.165, 1.54) is 7.11 Å². The molecule has 3 amide bonds. The van der Waals surface area contributed by atoms with Crippen molar-refractivity contribution in [1.29, 1.82) is 0 Å². The number of likely N-dealkylation sites (N-methyl/N-ethyl adjacent to an activating group) is 1. The lowest BCUT2D eigenvalue weighted by molar-refractivity contribution is -0.120. The van der Waals surface area contributed by atoms with Gasteiger partial charge in [0.1, 0.15) is 23.1 Å². The van der Waals surface area contributed by atoms with Crippen molar-refractivity contribution in [3.63, 3.8) is 0 Å². The van der Waals surface area contributed by atoms with E-state index >= 15 is 0 Å². The topological polar surface area (TPSA) is 149 Å². The van der Waals surface area contributed by atoms with Gasteiger partial charge in [0, 0.05) is 43.9 Å². The van der Waals surface area contributed by atoms with Crippen molar-refractivity contribution in [2.45, 2.75) is 102 Å². The maximum Gasteiger partial charge on any atom is 0.410 e. The molecule has 2 aliphatic heterocycles. The van der Waals surface area contributed by atoms with E-state index in [1.807, 2.05) is 27.7 Å². The Bertz CT molecular complexity index is 1460. The summed E-state index contributed by atoms with van der Waals surface area (Å²) in [5, 5.41) is 16.2. The lowest BCUT2D eigenvalue weighted by Gasteiger charge is -2.43. The molecule has 13 nitrogen and oxygen atoms in total. The lowest BCUT2D eigenvalue weighted by atomic mass is 9.84. The number of piperidine rings is 1. The molecule has 3 aliphatic rings. The number of aliphatic hydroxyl groups is 1. The minimum atomic E-state index is -0.665. The number of likely N-dealkylation sites (tertiary alicyclic amines) is 1. The first-order chi connectivity index (χ1) is 22.4. The Hall–Kier alpha value is -4.13. The van der Waals surface area contributed by atoms with Gasteiger partial charge in [-0.25, -0.2) is 9.78 Å². The second-order valence-corrected chi connectivity index (χ2v) is 13.8. The minimum absolute atomic E-state index is 0.0566. The molecular weight excluding hydrogens is 602 g/mol. The highest BCUT2D eigenvalue weighted by atomic mass is 16.6. The summed E-state index contributed by atoms with van der Waals surface area (Å²) in [4.78, 5) is 54.3. The average molecular weight is 652 g/mol. The average Bonchev–Trinajstić information content (AvgIpc) is 3.57. The molecule has 3 N–H and O–H groups in total. The standard InChI is InChI=1S/C34H49N7O6/c1-7-25-30(44)39(5)26-21-35-31(37-28(26)41(25)23-10-8-9-11-23)36-24-13-12-22(20-27(24)46-6)29(43)38-34(16-19-42)14-17-40(18-15-34)32(45)47-33(2,3)4/h12-13,20-21,23,25,42H,7-11,14-19H2,1-6H3,(H,38,43)(H,35,36,37)/t25-/m1/s1. The summed E-state index contributed by atoms with van der Waals surface area (Å²) in [6.07, 6.45) is 7.65. The van der Waals surface area contributed by atoms with E-state index in [0.717, 1.165) is 31.5 Å². The molecule has 47 heavy (non-hydrogen) atoms. The molecule has 0 spiro atoms. The zero-order valence-corrected chi connectivity index (χ0v) is 28.5. The Kier molecular flexibility index (Phi) is 10.1. The summed E-state index contributed by atoms with van der Waals surface area (Å²) in [7, 11) is 3.30. The number of fused-ring (bicyclic) bond motifs is 1. The van der Waals surface area contributed by atoms with E-state index in [9.17, 15) is 19.5 Å². The van der Waals surface area contributed by atoms with Crippen molar-refractivity contribution < 1.29 is 29.0 Å². The summed E-state index contributed by atoms with van der Waals surface area (Å²) >= 11 is 0. The van der Waals surface area contributed by atoms with Crippen LogP contribution in [0.4, 0.5) is 27.9 Å². The molecule has 13 heteroatoms. The van der Waals surface area contributed by atoms with Gasteiger partial charge in [0.25, 0.3) is 5.91 Å². The molecule has 0 bridgehead atoms. The van der Waals surface area contributed by atoms with Crippen LogP contribution in [0.5, 0.6) is 5.75 Å². The van der Waals surface area contributed by atoms with Crippen LogP contribution >= 0.6 is 0 Å². The van der Waals surface area contributed by atoms with Crippen LogP contribution in [0.3, 0.4) is 0 Å². The number of aromatic nitrogens is 2. The fourth-order valence-electron chi connectivity index (χ4n) is 6.91. The second-order valence-electron chi connectivity index (χ2n) is 13.8. The number of hydrogen-bond donors (Lipinski definition) is 3. The summed E-state index contributed by atoms with van der Waals surface area (Å²) in [5.74, 6) is 1.29. The highest BCUT2D eigenvalue weighted by molar-refractivity contribution is 6.04. The Balaban J connectivity index is 1.32. The molecule has 1 saturated carbocycles. The zero-order chi connectivity index (χ0) is 33.9. The predicted octanol–water partition coefficient (Wildman–Crippen LogP) is 4.61. The summed E-state index contributed by atoms with van der Waals surface area (Å²) < 4.78 is 11.2. The van der Waals surface area contributed by atoms with Crippen LogP contribution in [-0.2, 0) is 9.53 Å². The van der Waals surface area contributed by atoms with Crippen molar-refractivity contribution in [3.05, 3.63) is 30.0 Å². The number of rotatable bonds is 9. The summed E-state index contributed by atoms with van der Waals surface area (Å²) in [6, 6.07) is 5.09. The molecule has 256 valence electrons. The summed E-state index contributed by atoms with van der Waals surface area (Å²) in [5.41, 5.74) is 0.400. The zero-order valence-electron chi connectivity index (χ0n) is 28.5. The van der Waals surface area contributed by atoms with Gasteiger partial charge in [-0.05, 0) is 77.5 Å². The fourth-order valence-corrected chi connectivity index (χ4v) is 6.91. The Morgan fingerprint density at radius 1 is 1.15 bits per heavy atom. The molecule has 1 aliphatic carbocycles. The van der Waals surface area contributed by atoms with Gasteiger partial charge in [0.15, 0.2) is 5.82 Å². The number of nitrogens with one attached hydrogen (secondary N) is 2. The molecular formula is C34H49N7O6. The fraction of sp³-hybridized carbons (Fsp3) is 0.618. The van der Waals surface area contributed by atoms with Crippen LogP contribution in [0.1, 0.15) is 89.4 Å². The van der Waals surface area contributed by atoms with E-state index in [0.29, 0.717) is 67.4 Å². The maximum atomic E-state index is 13.5. The molecule has 1 aromatic heterocycles. The van der Waals surface area contributed by atoms with Crippen LogP contribution in [0, 0.1) is 0 Å². The van der Waals surface area contributed by atoms with E-state index in [-0.39, 0.29) is 36.6 Å². The highest BCUT2D eigenvalue weighted by Gasteiger charge is 2.41. The van der Waals surface area contributed by atoms with Crippen LogP contribution < -0.4 is 25.2 Å². The van der Waals surface area contributed by atoms with Crippen LogP contribution in [0.2, 0.25) is 0 Å². The quantitative estimate of drug-likeness (QED) is 0.351. The third kappa shape index (κ3) is 7.39. The largest absolute Gasteiger partial charge is 0.495 e. The third-order valence-electron chi connectivity index (χ3n) is 9.46. The van der Waals surface area contributed by atoms with Gasteiger partial charge in [-0.3, -0.25) is 9.59 Å². The van der Waals surface area contributed by atoms with Crippen molar-refractivity contribution in [2.24, 2.45) is 0 Å². The highest BCUT2D eigenvalue weighted by Crippen LogP contribution is 2.40. The molecule has 0 unspecified atom stereocenters. The van der Waals surface area contributed by atoms with Gasteiger partial charge in [-0.2, -0.15) is 4.98 Å². The maximum absolute atomic E-state index is 13.5. The minimum Gasteiger partial charge on any atom is -0.495 e. The van der Waals surface area contributed by atoms with Crippen molar-refractivity contribution >= 4 is 41.0 Å². The predicted molar refractivity (Wildman–Crippen MR) is 179 cm³/mol. The molecule has 1 aromatic carbocycles. The van der Waals surface area contributed by atoms with Crippen LogP contribution in [-0.4, -0.2) is 95.0 Å². The second kappa shape index (κ2) is 13.9. The molecule has 2 fully saturated rings. The van der Waals surface area contributed by atoms with E-state index in [1.54, 1.807) is 41.2 Å². The Morgan fingerprint density at radius 2 is 1.85 bits per heavy atom. The van der Waals surface area contributed by atoms with Crippen molar-refractivity contribution in [1.82, 2.24) is 20.2 Å². The van der Waals surface area contributed by atoms with Crippen molar-refractivity contribution in [3.8, 4) is 5.75 Å². The SMILES string of the molecule is CC[C@@H]1C(=O)N(C)c2cnc(Nc3ccc(C(=O)NC4(CCO)CCN(C(=O)OC(C)(C)C)CC4)cc3OC)nc2N1C1CCCC1. The number of hydrogen-bond acceptors (Lipinski definition) is 10. The van der Waals surface area contributed by atoms with Gasteiger partial charge < -0.3 is 39.9 Å². The first kappa shape index (κ1) is 34.2. The third-order valence-corrected chi connectivity index (χ3v) is 9.46. The number of carbonyl (C=O) groups excluding carboxylic acids is 3. The van der Waals surface area contributed by atoms with E-state index in [4.69, 9.17) is 14.5 Å². The first-order valence-electron chi connectivity index (χ1n) is 16.7. The van der Waals surface area contributed by atoms with Gasteiger partial charge >= 0.3 is 6.09 Å². The number of anilines is 4. The molecule has 3 heterocycles. The number of methoxy groups -OCH3 is 1. The van der Waals surface area contributed by atoms with E-state index < -0.39 is 11.1 Å². The van der Waals surface area contributed by atoms with Gasteiger partial charge in [0.05, 0.1) is 19.0 Å². The number of amides is 3. The number of aliphatic hydroxyl groups excluding tert-OH is 1. The Labute approximate surface area is 277 Å².